The van der Waals surface area contributed by atoms with E-state index in [0.717, 1.165) is 5.57 Å². The van der Waals surface area contributed by atoms with Crippen LogP contribution in [0.15, 0.2) is 12.2 Å². The van der Waals surface area contributed by atoms with Gasteiger partial charge < -0.3 is 15.4 Å². The Morgan fingerprint density at radius 2 is 2.17 bits per heavy atom. The number of nitrogens with two attached hydrogens (primary N) is 1. The molecule has 1 amide bonds. The highest BCUT2D eigenvalue weighted by Gasteiger charge is 2.32. The fourth-order valence-electron chi connectivity index (χ4n) is 1.88. The first-order chi connectivity index (χ1) is 8.24. The number of amides is 1. The molecule has 0 aromatic rings. The average molecular weight is 254 g/mol. The third kappa shape index (κ3) is 3.84. The molecule has 5 heteroatoms. The number of rotatable bonds is 2. The number of nitrogens with zero attached hydrogens (tertiary/aromatic N) is 1. The van der Waals surface area contributed by atoms with Crippen molar-refractivity contribution in [1.29, 1.82) is 0 Å². The number of carbonyl (C=O) groups excluding carboxylic acids is 2. The maximum Gasteiger partial charge on any atom is 0.410 e. The lowest BCUT2D eigenvalue weighted by atomic mass is 9.89. The van der Waals surface area contributed by atoms with Gasteiger partial charge in [0.15, 0.2) is 5.78 Å². The molecule has 102 valence electrons. The van der Waals surface area contributed by atoms with Crippen molar-refractivity contribution in [1.82, 2.24) is 4.90 Å². The second kappa shape index (κ2) is 5.52. The maximum atomic E-state index is 11.9. The minimum Gasteiger partial charge on any atom is -0.444 e. The fraction of sp³-hybridized carbons (Fsp3) is 0.692. The van der Waals surface area contributed by atoms with Crippen LogP contribution < -0.4 is 5.73 Å². The summed E-state index contributed by atoms with van der Waals surface area (Å²) in [5.41, 5.74) is 5.68. The van der Waals surface area contributed by atoms with Gasteiger partial charge in [-0.15, -0.1) is 0 Å². The zero-order valence-electron chi connectivity index (χ0n) is 11.4. The predicted octanol–water partition coefficient (Wildman–Crippen LogP) is 1.33. The second-order valence-electron chi connectivity index (χ2n) is 5.57. The lowest BCUT2D eigenvalue weighted by Gasteiger charge is -2.33. The summed E-state index contributed by atoms with van der Waals surface area (Å²) < 4.78 is 5.24. The van der Waals surface area contributed by atoms with Crippen LogP contribution in [0, 0.1) is 5.92 Å². The molecular weight excluding hydrogens is 232 g/mol. The van der Waals surface area contributed by atoms with Crippen LogP contribution in [0.2, 0.25) is 0 Å². The van der Waals surface area contributed by atoms with Crippen molar-refractivity contribution in [2.24, 2.45) is 11.7 Å². The Labute approximate surface area is 108 Å². The van der Waals surface area contributed by atoms with Crippen molar-refractivity contribution in [3.63, 3.8) is 0 Å². The molecule has 1 atom stereocenters. The first kappa shape index (κ1) is 14.7. The number of hydrogen-bond acceptors (Lipinski definition) is 4. The van der Waals surface area contributed by atoms with E-state index in [1.165, 1.54) is 4.90 Å². The molecule has 0 bridgehead atoms. The molecule has 0 aromatic carbocycles. The summed E-state index contributed by atoms with van der Waals surface area (Å²) >= 11 is 0. The molecule has 1 rings (SSSR count). The molecular formula is C13H22N2O3. The number of piperidine rings is 1. The van der Waals surface area contributed by atoms with Crippen LogP contribution in [0.5, 0.6) is 0 Å². The van der Waals surface area contributed by atoms with E-state index in [2.05, 4.69) is 6.58 Å². The normalized spacial score (nSPS) is 20.8. The topological polar surface area (TPSA) is 72.6 Å². The summed E-state index contributed by atoms with van der Waals surface area (Å²) in [5, 5.41) is 0. The van der Waals surface area contributed by atoms with Crippen molar-refractivity contribution in [2.75, 3.05) is 19.6 Å². The number of Topliss-reactive ketones (excluding diaryl/α,β-unsaturated/α-hetero) is 1. The van der Waals surface area contributed by atoms with Crippen LogP contribution in [0.1, 0.15) is 27.2 Å². The molecule has 0 radical (unpaired) electrons. The zero-order valence-corrected chi connectivity index (χ0v) is 11.4. The smallest absolute Gasteiger partial charge is 0.410 e. The van der Waals surface area contributed by atoms with E-state index in [9.17, 15) is 9.59 Å². The van der Waals surface area contributed by atoms with Gasteiger partial charge in [-0.2, -0.15) is 0 Å². The third-order valence-corrected chi connectivity index (χ3v) is 2.83. The summed E-state index contributed by atoms with van der Waals surface area (Å²) in [7, 11) is 0. The van der Waals surface area contributed by atoms with Crippen LogP contribution in [-0.4, -0.2) is 42.0 Å². The van der Waals surface area contributed by atoms with E-state index in [4.69, 9.17) is 10.5 Å². The Morgan fingerprint density at radius 3 is 2.61 bits per heavy atom. The standard InChI is InChI=1S/C13H22N2O3/c1-9(7-14)10-5-6-15(8-11(10)16)12(17)18-13(2,3)4/h10H,1,5-8,14H2,2-4H3. The molecule has 1 aliphatic heterocycles. The highest BCUT2D eigenvalue weighted by atomic mass is 16.6. The van der Waals surface area contributed by atoms with Crippen LogP contribution in [-0.2, 0) is 9.53 Å². The summed E-state index contributed by atoms with van der Waals surface area (Å²) in [6, 6.07) is 0. The quantitative estimate of drug-likeness (QED) is 0.754. The van der Waals surface area contributed by atoms with E-state index >= 15 is 0 Å². The van der Waals surface area contributed by atoms with E-state index < -0.39 is 11.7 Å². The Bertz CT molecular complexity index is 358. The molecule has 1 heterocycles. The van der Waals surface area contributed by atoms with Gasteiger partial charge in [0.05, 0.1) is 6.54 Å². The molecule has 0 saturated carbocycles. The van der Waals surface area contributed by atoms with Gasteiger partial charge in [-0.05, 0) is 27.2 Å². The maximum absolute atomic E-state index is 11.9. The second-order valence-corrected chi connectivity index (χ2v) is 5.57. The van der Waals surface area contributed by atoms with Gasteiger partial charge in [-0.25, -0.2) is 4.79 Å². The Kier molecular flexibility index (Phi) is 4.51. The van der Waals surface area contributed by atoms with Crippen molar-refractivity contribution in [3.05, 3.63) is 12.2 Å². The lowest BCUT2D eigenvalue weighted by molar-refractivity contribution is -0.125. The summed E-state index contributed by atoms with van der Waals surface area (Å²) in [5.74, 6) is -0.226. The number of ketones is 1. The predicted molar refractivity (Wildman–Crippen MR) is 69.1 cm³/mol. The molecule has 2 N–H and O–H groups in total. The van der Waals surface area contributed by atoms with Gasteiger partial charge in [0.25, 0.3) is 0 Å². The van der Waals surface area contributed by atoms with Gasteiger partial charge in [0.1, 0.15) is 5.60 Å². The van der Waals surface area contributed by atoms with E-state index in [1.54, 1.807) is 20.8 Å². The van der Waals surface area contributed by atoms with Crippen LogP contribution >= 0.6 is 0 Å². The number of hydrogen-bond donors (Lipinski definition) is 1. The Hall–Kier alpha value is -1.36. The van der Waals surface area contributed by atoms with Crippen molar-refractivity contribution in [3.8, 4) is 0 Å². The van der Waals surface area contributed by atoms with Gasteiger partial charge in [-0.1, -0.05) is 12.2 Å². The molecule has 1 aliphatic rings. The number of ether oxygens (including phenoxy) is 1. The molecule has 1 unspecified atom stereocenters. The first-order valence-electron chi connectivity index (χ1n) is 6.13. The molecule has 5 nitrogen and oxygen atoms in total. The fourth-order valence-corrected chi connectivity index (χ4v) is 1.88. The average Bonchev–Trinajstić information content (AvgIpc) is 2.25. The lowest BCUT2D eigenvalue weighted by Crippen LogP contribution is -2.46. The molecule has 0 spiro atoms. The van der Waals surface area contributed by atoms with Crippen molar-refractivity contribution < 1.29 is 14.3 Å². The Morgan fingerprint density at radius 1 is 1.56 bits per heavy atom. The zero-order chi connectivity index (χ0) is 13.9. The minimum atomic E-state index is -0.544. The largest absolute Gasteiger partial charge is 0.444 e. The molecule has 0 aromatic heterocycles. The van der Waals surface area contributed by atoms with Crippen molar-refractivity contribution in [2.45, 2.75) is 32.8 Å². The van der Waals surface area contributed by atoms with Crippen molar-refractivity contribution >= 4 is 11.9 Å². The van der Waals surface area contributed by atoms with Gasteiger partial charge in [-0.3, -0.25) is 4.79 Å². The molecule has 1 fully saturated rings. The van der Waals surface area contributed by atoms with E-state index in [-0.39, 0.29) is 18.2 Å². The van der Waals surface area contributed by atoms with Gasteiger partial charge >= 0.3 is 6.09 Å². The first-order valence-corrected chi connectivity index (χ1v) is 6.13. The summed E-state index contributed by atoms with van der Waals surface area (Å²) in [6.07, 6.45) is 0.140. The number of carbonyl (C=O) groups is 2. The molecule has 18 heavy (non-hydrogen) atoms. The Balaban J connectivity index is 2.58. The van der Waals surface area contributed by atoms with Crippen LogP contribution in [0.3, 0.4) is 0 Å². The monoisotopic (exact) mass is 254 g/mol. The highest BCUT2D eigenvalue weighted by Crippen LogP contribution is 2.21. The molecule has 1 saturated heterocycles. The van der Waals surface area contributed by atoms with Gasteiger partial charge in [0.2, 0.25) is 0 Å². The van der Waals surface area contributed by atoms with Gasteiger partial charge in [0, 0.05) is 19.0 Å². The summed E-state index contributed by atoms with van der Waals surface area (Å²) in [6.45, 7) is 10.1. The third-order valence-electron chi connectivity index (χ3n) is 2.83. The minimum absolute atomic E-state index is 0.0115. The molecule has 0 aliphatic carbocycles. The summed E-state index contributed by atoms with van der Waals surface area (Å²) in [4.78, 5) is 25.2. The van der Waals surface area contributed by atoms with Crippen LogP contribution in [0.4, 0.5) is 4.79 Å². The number of likely N-dealkylation sites (tertiary alicyclic amines) is 1. The van der Waals surface area contributed by atoms with E-state index in [1.807, 2.05) is 0 Å². The van der Waals surface area contributed by atoms with E-state index in [0.29, 0.717) is 19.5 Å². The highest BCUT2D eigenvalue weighted by molar-refractivity contribution is 5.89. The SMILES string of the molecule is C=C(CN)C1CCN(C(=O)OC(C)(C)C)CC1=O. The van der Waals surface area contributed by atoms with Crippen LogP contribution in [0.25, 0.3) is 0 Å².